The van der Waals surface area contributed by atoms with Gasteiger partial charge in [0.1, 0.15) is 7.11 Å². The summed E-state index contributed by atoms with van der Waals surface area (Å²) in [5, 5.41) is 4.59. The van der Waals surface area contributed by atoms with Crippen molar-refractivity contribution in [2.75, 3.05) is 26.9 Å². The van der Waals surface area contributed by atoms with E-state index in [9.17, 15) is 0 Å². The summed E-state index contributed by atoms with van der Waals surface area (Å²) in [5.41, 5.74) is 2.06. The molecular formula is C22H35NO3. The van der Waals surface area contributed by atoms with Gasteiger partial charge in [0.15, 0.2) is 0 Å². The molecule has 0 N–H and O–H groups in total. The van der Waals surface area contributed by atoms with Crippen molar-refractivity contribution in [3.63, 3.8) is 0 Å². The molecule has 2 unspecified atom stereocenters. The third-order valence-corrected chi connectivity index (χ3v) is 9.15. The monoisotopic (exact) mass is 361 g/mol. The molecule has 4 nitrogen and oxygen atoms in total. The summed E-state index contributed by atoms with van der Waals surface area (Å²) in [4.78, 5) is 5.33. The number of hydrogen-bond acceptors (Lipinski definition) is 4. The summed E-state index contributed by atoms with van der Waals surface area (Å²) in [5.74, 6) is 2.98. The molecule has 4 aliphatic carbocycles. The molecule has 5 aliphatic rings. The Hall–Kier alpha value is -0.610. The molecule has 1 saturated heterocycles. The van der Waals surface area contributed by atoms with Gasteiger partial charge < -0.3 is 14.3 Å². The second kappa shape index (κ2) is 6.48. The molecule has 0 aromatic heterocycles. The Labute approximate surface area is 158 Å². The van der Waals surface area contributed by atoms with E-state index in [1.807, 2.05) is 0 Å². The molecule has 7 atom stereocenters. The van der Waals surface area contributed by atoms with Gasteiger partial charge in [-0.15, -0.1) is 0 Å². The van der Waals surface area contributed by atoms with E-state index in [-0.39, 0.29) is 5.41 Å². The maximum atomic E-state index is 6.29. The average molecular weight is 362 g/mol. The van der Waals surface area contributed by atoms with Crippen molar-refractivity contribution in [2.45, 2.75) is 70.8 Å². The first kappa shape index (κ1) is 17.5. The quantitative estimate of drug-likeness (QED) is 0.649. The average Bonchev–Trinajstić information content (AvgIpc) is 2.89. The minimum Gasteiger partial charge on any atom is -0.399 e. The minimum atomic E-state index is 0.272. The van der Waals surface area contributed by atoms with Gasteiger partial charge in [-0.2, -0.15) is 0 Å². The molecule has 0 aromatic rings. The van der Waals surface area contributed by atoms with E-state index in [2.05, 4.69) is 12.1 Å². The van der Waals surface area contributed by atoms with Crippen molar-refractivity contribution in [3.05, 3.63) is 0 Å². The predicted molar refractivity (Wildman–Crippen MR) is 101 cm³/mol. The Morgan fingerprint density at radius 1 is 1.04 bits per heavy atom. The van der Waals surface area contributed by atoms with Crippen LogP contribution in [-0.4, -0.2) is 38.7 Å². The third kappa shape index (κ3) is 2.37. The van der Waals surface area contributed by atoms with Crippen molar-refractivity contribution >= 4 is 5.71 Å². The Morgan fingerprint density at radius 3 is 2.85 bits per heavy atom. The van der Waals surface area contributed by atoms with Crippen molar-refractivity contribution in [3.8, 4) is 0 Å². The molecule has 5 rings (SSSR count). The number of ether oxygens (including phenoxy) is 2. The lowest BCUT2D eigenvalue weighted by Gasteiger charge is -2.60. The summed E-state index contributed by atoms with van der Waals surface area (Å²) in [7, 11) is 1.72. The molecule has 1 spiro atoms. The molecule has 1 aliphatic heterocycles. The molecule has 26 heavy (non-hydrogen) atoms. The van der Waals surface area contributed by atoms with Gasteiger partial charge in [0.2, 0.25) is 0 Å². The number of rotatable bonds is 1. The molecule has 0 amide bonds. The van der Waals surface area contributed by atoms with Crippen molar-refractivity contribution < 1.29 is 14.3 Å². The van der Waals surface area contributed by atoms with Gasteiger partial charge in [0.25, 0.3) is 0 Å². The number of nitrogens with zero attached hydrogens (tertiary/aromatic N) is 1. The van der Waals surface area contributed by atoms with Crippen LogP contribution in [0.4, 0.5) is 0 Å². The topological polar surface area (TPSA) is 40.0 Å². The Kier molecular flexibility index (Phi) is 4.36. The van der Waals surface area contributed by atoms with Crippen LogP contribution in [0.25, 0.3) is 0 Å². The Morgan fingerprint density at radius 2 is 1.96 bits per heavy atom. The molecule has 0 radical (unpaired) electrons. The van der Waals surface area contributed by atoms with Gasteiger partial charge in [-0.3, -0.25) is 0 Å². The van der Waals surface area contributed by atoms with E-state index in [4.69, 9.17) is 14.3 Å². The second-order valence-corrected chi connectivity index (χ2v) is 9.91. The first-order valence-corrected chi connectivity index (χ1v) is 11.0. The summed E-state index contributed by atoms with van der Waals surface area (Å²) in [6.45, 7) is 5.06. The van der Waals surface area contributed by atoms with Crippen LogP contribution in [0.15, 0.2) is 5.16 Å². The molecule has 1 heterocycles. The van der Waals surface area contributed by atoms with E-state index in [1.165, 1.54) is 57.1 Å². The van der Waals surface area contributed by atoms with Gasteiger partial charge >= 0.3 is 0 Å². The predicted octanol–water partition coefficient (Wildman–Crippen LogP) is 4.43. The maximum Gasteiger partial charge on any atom is 0.106 e. The molecular weight excluding hydrogens is 326 g/mol. The highest BCUT2D eigenvalue weighted by Gasteiger charge is 2.63. The maximum absolute atomic E-state index is 6.29. The standard InChI is InChI=1S/C22H35NO3/c1-21-9-4-3-5-18(21)19(23-24-2)13-15-16(21)8-10-22-14-25-11-12-26-20(22)7-6-17(15)22/h15-18,20H,3-14H2,1-2H3/b23-19+/t15-,16+,17+,18?,20?,21-,22-/m1/s1. The molecule has 4 heteroatoms. The van der Waals surface area contributed by atoms with Crippen LogP contribution in [0, 0.1) is 34.5 Å². The number of oxime groups is 1. The lowest BCUT2D eigenvalue weighted by atomic mass is 9.44. The summed E-state index contributed by atoms with van der Waals surface area (Å²) >= 11 is 0. The van der Waals surface area contributed by atoms with E-state index >= 15 is 0 Å². The van der Waals surface area contributed by atoms with E-state index < -0.39 is 0 Å². The van der Waals surface area contributed by atoms with Crippen LogP contribution in [0.3, 0.4) is 0 Å². The summed E-state index contributed by atoms with van der Waals surface area (Å²) < 4.78 is 12.4. The number of fused-ring (bicyclic) bond motifs is 4. The molecule has 5 fully saturated rings. The zero-order chi connectivity index (χ0) is 17.8. The van der Waals surface area contributed by atoms with E-state index in [1.54, 1.807) is 7.11 Å². The van der Waals surface area contributed by atoms with Crippen molar-refractivity contribution in [1.29, 1.82) is 0 Å². The molecule has 0 aromatic carbocycles. The van der Waals surface area contributed by atoms with Gasteiger partial charge in [-0.1, -0.05) is 24.9 Å². The normalized spacial score (nSPS) is 52.4. The highest BCUT2D eigenvalue weighted by Crippen LogP contribution is 2.66. The van der Waals surface area contributed by atoms with Crippen molar-refractivity contribution in [1.82, 2.24) is 0 Å². The fourth-order valence-corrected chi connectivity index (χ4v) is 8.14. The zero-order valence-corrected chi connectivity index (χ0v) is 16.5. The fraction of sp³-hybridized carbons (Fsp3) is 0.955. The van der Waals surface area contributed by atoms with Gasteiger partial charge in [-0.25, -0.2) is 0 Å². The van der Waals surface area contributed by atoms with Crippen molar-refractivity contribution in [2.24, 2.45) is 39.7 Å². The largest absolute Gasteiger partial charge is 0.399 e. The second-order valence-electron chi connectivity index (χ2n) is 9.91. The van der Waals surface area contributed by atoms with Gasteiger partial charge in [0, 0.05) is 11.3 Å². The smallest absolute Gasteiger partial charge is 0.106 e. The highest BCUT2D eigenvalue weighted by molar-refractivity contribution is 5.88. The summed E-state index contributed by atoms with van der Waals surface area (Å²) in [6, 6.07) is 0. The summed E-state index contributed by atoms with van der Waals surface area (Å²) in [6.07, 6.45) is 12.2. The Bertz CT molecular complexity index is 578. The molecule has 0 bridgehead atoms. The van der Waals surface area contributed by atoms with Crippen LogP contribution in [0.1, 0.15) is 64.7 Å². The molecule has 146 valence electrons. The van der Waals surface area contributed by atoms with E-state index in [0.29, 0.717) is 17.4 Å². The third-order valence-electron chi connectivity index (χ3n) is 9.15. The highest BCUT2D eigenvalue weighted by atomic mass is 16.6. The van der Waals surface area contributed by atoms with Crippen LogP contribution in [-0.2, 0) is 14.3 Å². The van der Waals surface area contributed by atoms with Crippen LogP contribution in [0.2, 0.25) is 0 Å². The fourth-order valence-electron chi connectivity index (χ4n) is 8.14. The van der Waals surface area contributed by atoms with Crippen LogP contribution < -0.4 is 0 Å². The lowest BCUT2D eigenvalue weighted by Crippen LogP contribution is -2.57. The van der Waals surface area contributed by atoms with Crippen LogP contribution >= 0.6 is 0 Å². The zero-order valence-electron chi connectivity index (χ0n) is 16.5. The minimum absolute atomic E-state index is 0.272. The Balaban J connectivity index is 1.51. The van der Waals surface area contributed by atoms with Crippen LogP contribution in [0.5, 0.6) is 0 Å². The van der Waals surface area contributed by atoms with Gasteiger partial charge in [-0.05, 0) is 68.1 Å². The SMILES string of the molecule is CO/N=C1\C[C@H]2[C@@H]3CCC4OCCOC[C@@]43CC[C@@H]2[C@@]2(C)CCCCC12. The first-order chi connectivity index (χ1) is 12.7. The first-order valence-electron chi connectivity index (χ1n) is 11.0. The lowest BCUT2D eigenvalue weighted by molar-refractivity contribution is -0.117. The van der Waals surface area contributed by atoms with Gasteiger partial charge in [0.05, 0.1) is 31.6 Å². The van der Waals surface area contributed by atoms with E-state index in [0.717, 1.165) is 44.0 Å². The molecule has 4 saturated carbocycles. The number of hydrogen-bond donors (Lipinski definition) is 0.